The molecule has 2 aromatic heterocycles. The van der Waals surface area contributed by atoms with Gasteiger partial charge in [-0.15, -0.1) is 0 Å². The molecule has 24 heavy (non-hydrogen) atoms. The van der Waals surface area contributed by atoms with E-state index in [-0.39, 0.29) is 32.8 Å². The summed E-state index contributed by atoms with van der Waals surface area (Å²) in [5, 5.41) is 18.9. The summed E-state index contributed by atoms with van der Waals surface area (Å²) < 4.78 is 15.0. The van der Waals surface area contributed by atoms with E-state index in [0.29, 0.717) is 12.1 Å². The van der Waals surface area contributed by atoms with Gasteiger partial charge in [0.2, 0.25) is 11.6 Å². The van der Waals surface area contributed by atoms with Crippen molar-refractivity contribution in [2.24, 2.45) is 0 Å². The van der Waals surface area contributed by atoms with E-state index in [9.17, 15) is 14.3 Å². The van der Waals surface area contributed by atoms with Crippen LogP contribution in [0.2, 0.25) is 0 Å². The van der Waals surface area contributed by atoms with E-state index in [1.54, 1.807) is 0 Å². The second kappa shape index (κ2) is 6.02. The van der Waals surface area contributed by atoms with Crippen LogP contribution in [0.5, 0.6) is 5.75 Å². The molecule has 0 aliphatic carbocycles. The van der Waals surface area contributed by atoms with Crippen molar-refractivity contribution >= 4 is 27.5 Å². The number of imidazole rings is 1. The zero-order valence-corrected chi connectivity index (χ0v) is 14.0. The number of aromatic hydroxyl groups is 1. The van der Waals surface area contributed by atoms with Crippen molar-refractivity contribution in [1.82, 2.24) is 14.4 Å². The largest absolute Gasteiger partial charge is 0.505 e. The van der Waals surface area contributed by atoms with Gasteiger partial charge in [0, 0.05) is 5.56 Å². The molecule has 0 fully saturated rings. The predicted octanol–water partition coefficient (Wildman–Crippen LogP) is 3.00. The van der Waals surface area contributed by atoms with Crippen LogP contribution in [0.3, 0.4) is 0 Å². The molecule has 1 N–H and O–H groups in total. The van der Waals surface area contributed by atoms with Gasteiger partial charge in [0.05, 0.1) is 28.1 Å². The number of fused-ring (bicyclic) bond motifs is 1. The van der Waals surface area contributed by atoms with Gasteiger partial charge in [0.1, 0.15) is 17.5 Å². The Morgan fingerprint density at radius 1 is 1.50 bits per heavy atom. The minimum Gasteiger partial charge on any atom is -0.505 e. The molecular weight excluding hydrogens is 379 g/mol. The highest BCUT2D eigenvalue weighted by Gasteiger charge is 2.22. The number of rotatable bonds is 3. The van der Waals surface area contributed by atoms with Crippen molar-refractivity contribution in [2.75, 3.05) is 0 Å². The van der Waals surface area contributed by atoms with Crippen molar-refractivity contribution in [3.05, 3.63) is 57.3 Å². The highest BCUT2D eigenvalue weighted by Crippen LogP contribution is 2.30. The molecular formula is C16H10BrFN4O2. The summed E-state index contributed by atoms with van der Waals surface area (Å²) in [6.45, 7) is 1.82. The highest BCUT2D eigenvalue weighted by atomic mass is 79.9. The number of aromatic nitrogens is 3. The Kier molecular flexibility index (Phi) is 4.03. The van der Waals surface area contributed by atoms with Crippen LogP contribution in [0.1, 0.15) is 34.2 Å². The summed E-state index contributed by atoms with van der Waals surface area (Å²) in [6.07, 6.45) is 2.62. The van der Waals surface area contributed by atoms with Crippen LogP contribution in [0.4, 0.5) is 4.39 Å². The Labute approximate surface area is 144 Å². The van der Waals surface area contributed by atoms with Crippen molar-refractivity contribution < 1.29 is 14.3 Å². The number of hydrogen-bond donors (Lipinski definition) is 1. The van der Waals surface area contributed by atoms with E-state index in [2.05, 4.69) is 25.9 Å². The molecule has 2 heterocycles. The number of phenols is 1. The van der Waals surface area contributed by atoms with Crippen LogP contribution in [-0.4, -0.2) is 25.3 Å². The first-order chi connectivity index (χ1) is 11.5. The first-order valence-corrected chi connectivity index (χ1v) is 7.75. The van der Waals surface area contributed by atoms with Crippen LogP contribution in [-0.2, 0) is 6.42 Å². The molecule has 0 aliphatic heterocycles. The minimum absolute atomic E-state index is 0.0381. The number of ketones is 1. The third-order valence-corrected chi connectivity index (χ3v) is 4.12. The molecule has 8 heteroatoms. The quantitative estimate of drug-likeness (QED) is 0.696. The van der Waals surface area contributed by atoms with Crippen LogP contribution >= 0.6 is 15.9 Å². The highest BCUT2D eigenvalue weighted by molar-refractivity contribution is 9.10. The summed E-state index contributed by atoms with van der Waals surface area (Å²) in [4.78, 5) is 21.0. The molecule has 0 bridgehead atoms. The summed E-state index contributed by atoms with van der Waals surface area (Å²) in [6, 6.07) is 4.52. The Hall–Kier alpha value is -2.79. The lowest BCUT2D eigenvalue weighted by Gasteiger charge is -2.06. The standard InChI is InChI=1S/C16H10BrFN4O2/c1-2-12-13(22-7-10(18)6-20-16(22)21-12)15(24)8-3-9(5-19)14(23)11(17)4-8/h3-4,6-7,23H,2H2,1H3. The Bertz CT molecular complexity index is 1020. The van der Waals surface area contributed by atoms with E-state index in [4.69, 9.17) is 5.26 Å². The van der Waals surface area contributed by atoms with Gasteiger partial charge in [-0.1, -0.05) is 6.92 Å². The Morgan fingerprint density at radius 3 is 2.92 bits per heavy atom. The number of hydrogen-bond acceptors (Lipinski definition) is 5. The predicted molar refractivity (Wildman–Crippen MR) is 86.3 cm³/mol. The number of carbonyl (C=O) groups excluding carboxylic acids is 1. The van der Waals surface area contributed by atoms with Gasteiger partial charge in [-0.05, 0) is 34.5 Å². The van der Waals surface area contributed by atoms with Crippen molar-refractivity contribution in [3.63, 3.8) is 0 Å². The van der Waals surface area contributed by atoms with Crippen LogP contribution in [0.25, 0.3) is 5.78 Å². The maximum atomic E-state index is 13.5. The first-order valence-electron chi connectivity index (χ1n) is 6.96. The molecule has 0 unspecified atom stereocenters. The zero-order chi connectivity index (χ0) is 17.4. The number of halogens is 2. The summed E-state index contributed by atoms with van der Waals surface area (Å²) >= 11 is 3.12. The molecule has 1 aromatic carbocycles. The fourth-order valence-electron chi connectivity index (χ4n) is 2.40. The fourth-order valence-corrected chi connectivity index (χ4v) is 2.86. The van der Waals surface area contributed by atoms with E-state index < -0.39 is 11.6 Å². The lowest BCUT2D eigenvalue weighted by Crippen LogP contribution is -2.09. The smallest absolute Gasteiger partial charge is 0.234 e. The van der Waals surface area contributed by atoms with Crippen molar-refractivity contribution in [2.45, 2.75) is 13.3 Å². The van der Waals surface area contributed by atoms with Crippen LogP contribution < -0.4 is 0 Å². The van der Waals surface area contributed by atoms with E-state index in [1.807, 2.05) is 13.0 Å². The minimum atomic E-state index is -0.596. The Balaban J connectivity index is 2.24. The molecule has 0 saturated heterocycles. The van der Waals surface area contributed by atoms with Gasteiger partial charge in [0.15, 0.2) is 5.82 Å². The maximum absolute atomic E-state index is 13.5. The zero-order valence-electron chi connectivity index (χ0n) is 12.4. The van der Waals surface area contributed by atoms with Gasteiger partial charge in [-0.2, -0.15) is 5.26 Å². The van der Waals surface area contributed by atoms with Crippen molar-refractivity contribution in [1.29, 1.82) is 5.26 Å². The summed E-state index contributed by atoms with van der Waals surface area (Å²) in [5.74, 6) is -1.06. The monoisotopic (exact) mass is 388 g/mol. The van der Waals surface area contributed by atoms with Gasteiger partial charge in [-0.25, -0.2) is 14.4 Å². The van der Waals surface area contributed by atoms with Crippen LogP contribution in [0.15, 0.2) is 29.0 Å². The third-order valence-electron chi connectivity index (χ3n) is 3.52. The fraction of sp³-hybridized carbons (Fsp3) is 0.125. The van der Waals surface area contributed by atoms with E-state index in [0.717, 1.165) is 12.4 Å². The first kappa shape index (κ1) is 16.1. The van der Waals surface area contributed by atoms with Gasteiger partial charge in [-0.3, -0.25) is 9.20 Å². The average Bonchev–Trinajstić information content (AvgIpc) is 2.94. The molecule has 120 valence electrons. The molecule has 0 spiro atoms. The molecule has 3 rings (SSSR count). The van der Waals surface area contributed by atoms with Crippen LogP contribution in [0, 0.1) is 17.1 Å². The number of carbonyl (C=O) groups is 1. The number of benzene rings is 1. The molecule has 0 aliphatic rings. The van der Waals surface area contributed by atoms with Gasteiger partial charge < -0.3 is 5.11 Å². The number of nitriles is 1. The molecule has 0 radical (unpaired) electrons. The average molecular weight is 389 g/mol. The second-order valence-electron chi connectivity index (χ2n) is 5.00. The molecule has 0 amide bonds. The Morgan fingerprint density at radius 2 is 2.25 bits per heavy atom. The SMILES string of the molecule is CCc1nc2ncc(F)cn2c1C(=O)c1cc(Br)c(O)c(C#N)c1. The normalized spacial score (nSPS) is 10.8. The molecule has 3 aromatic rings. The lowest BCUT2D eigenvalue weighted by atomic mass is 10.0. The summed E-state index contributed by atoms with van der Waals surface area (Å²) in [5.41, 5.74) is 0.794. The number of phenolic OH excluding ortho intramolecular Hbond substituents is 1. The van der Waals surface area contributed by atoms with E-state index >= 15 is 0 Å². The van der Waals surface area contributed by atoms with Gasteiger partial charge >= 0.3 is 0 Å². The second-order valence-corrected chi connectivity index (χ2v) is 5.85. The maximum Gasteiger partial charge on any atom is 0.234 e. The van der Waals surface area contributed by atoms with Gasteiger partial charge in [0.25, 0.3) is 0 Å². The number of nitrogens with zero attached hydrogens (tertiary/aromatic N) is 4. The molecule has 0 atom stereocenters. The van der Waals surface area contributed by atoms with E-state index in [1.165, 1.54) is 16.5 Å². The number of aryl methyl sites for hydroxylation is 1. The molecule has 0 saturated carbocycles. The summed E-state index contributed by atoms with van der Waals surface area (Å²) in [7, 11) is 0. The van der Waals surface area contributed by atoms with Crippen molar-refractivity contribution in [3.8, 4) is 11.8 Å². The lowest BCUT2D eigenvalue weighted by molar-refractivity contribution is 0.103. The topological polar surface area (TPSA) is 91.3 Å². The third kappa shape index (κ3) is 2.53. The molecule has 6 nitrogen and oxygen atoms in total.